The summed E-state index contributed by atoms with van der Waals surface area (Å²) in [5, 5.41) is 0.491. The fourth-order valence-corrected chi connectivity index (χ4v) is 4.59. The smallest absolute Gasteiger partial charge is 0.261 e. The molecule has 7 heteroatoms. The molecule has 3 aromatic rings. The van der Waals surface area contributed by atoms with E-state index < -0.39 is 0 Å². The average molecular weight is 449 g/mol. The third kappa shape index (κ3) is 3.69. The van der Waals surface area contributed by atoms with Crippen molar-refractivity contribution in [1.82, 2.24) is 14.9 Å². The first-order valence-electron chi connectivity index (χ1n) is 8.85. The van der Waals surface area contributed by atoms with Crippen LogP contribution in [-0.4, -0.2) is 33.9 Å². The van der Waals surface area contributed by atoms with Crippen LogP contribution in [-0.2, 0) is 4.79 Å². The van der Waals surface area contributed by atoms with Gasteiger partial charge in [0.05, 0.1) is 22.1 Å². The molecule has 1 aliphatic heterocycles. The topological polar surface area (TPSA) is 58.2 Å². The van der Waals surface area contributed by atoms with Gasteiger partial charge >= 0.3 is 0 Å². The predicted molar refractivity (Wildman–Crippen MR) is 109 cm³/mol. The Kier molecular flexibility index (Phi) is 5.10. The summed E-state index contributed by atoms with van der Waals surface area (Å²) in [5.74, 6) is 1.32. The fraction of sp³-hybridized carbons (Fsp3) is 0.300. The molecule has 4 rings (SSSR count). The van der Waals surface area contributed by atoms with E-state index >= 15 is 0 Å². The molecule has 0 spiro atoms. The number of rotatable bonds is 4. The summed E-state index contributed by atoms with van der Waals surface area (Å²) >= 11 is 9.66. The zero-order valence-corrected chi connectivity index (χ0v) is 17.2. The van der Waals surface area contributed by atoms with Crippen molar-refractivity contribution in [1.29, 1.82) is 0 Å². The van der Waals surface area contributed by atoms with Gasteiger partial charge in [-0.15, -0.1) is 0 Å². The highest BCUT2D eigenvalue weighted by Crippen LogP contribution is 2.34. The van der Waals surface area contributed by atoms with Crippen LogP contribution >= 0.6 is 27.5 Å². The highest BCUT2D eigenvalue weighted by Gasteiger charge is 2.32. The number of amides is 1. The number of hydrogen-bond donors (Lipinski definition) is 1. The monoisotopic (exact) mass is 447 g/mol. The lowest BCUT2D eigenvalue weighted by atomic mass is 10.2. The summed E-state index contributed by atoms with van der Waals surface area (Å²) in [6.45, 7) is 2.57. The number of fused-ring (bicyclic) bond motifs is 1. The van der Waals surface area contributed by atoms with E-state index in [-0.39, 0.29) is 18.6 Å². The van der Waals surface area contributed by atoms with Gasteiger partial charge in [-0.2, -0.15) is 0 Å². The number of nitrogens with zero attached hydrogens (tertiary/aromatic N) is 2. The molecular formula is C20H19BrClN3O2. The molecule has 0 radical (unpaired) electrons. The molecule has 5 nitrogen and oxygen atoms in total. The predicted octanol–water partition coefficient (Wildman–Crippen LogP) is 5.03. The molecule has 1 aliphatic rings. The van der Waals surface area contributed by atoms with E-state index in [1.165, 1.54) is 0 Å². The molecule has 0 bridgehead atoms. The molecule has 27 heavy (non-hydrogen) atoms. The van der Waals surface area contributed by atoms with Crippen molar-refractivity contribution in [2.75, 3.05) is 13.2 Å². The van der Waals surface area contributed by atoms with E-state index in [0.29, 0.717) is 17.3 Å². The summed E-state index contributed by atoms with van der Waals surface area (Å²) in [6, 6.07) is 11.5. The Balaban J connectivity index is 1.49. The molecule has 1 fully saturated rings. The van der Waals surface area contributed by atoms with Crippen molar-refractivity contribution >= 4 is 44.5 Å². The van der Waals surface area contributed by atoms with Crippen LogP contribution in [0, 0.1) is 6.92 Å². The van der Waals surface area contributed by atoms with Gasteiger partial charge in [-0.25, -0.2) is 4.98 Å². The lowest BCUT2D eigenvalue weighted by Crippen LogP contribution is -2.35. The van der Waals surface area contributed by atoms with Gasteiger partial charge in [0.15, 0.2) is 6.61 Å². The van der Waals surface area contributed by atoms with Gasteiger partial charge in [0.1, 0.15) is 11.6 Å². The summed E-state index contributed by atoms with van der Waals surface area (Å²) in [5.41, 5.74) is 2.79. The Morgan fingerprint density at radius 1 is 1.41 bits per heavy atom. The normalized spacial score (nSPS) is 16.9. The molecular weight excluding hydrogens is 430 g/mol. The minimum absolute atomic E-state index is 0.0427. The van der Waals surface area contributed by atoms with Gasteiger partial charge in [-0.3, -0.25) is 4.79 Å². The number of nitrogens with one attached hydrogen (secondary N) is 1. The first-order chi connectivity index (χ1) is 13.0. The summed E-state index contributed by atoms with van der Waals surface area (Å²) in [7, 11) is 0. The molecule has 0 saturated carbocycles. The summed E-state index contributed by atoms with van der Waals surface area (Å²) < 4.78 is 6.65. The van der Waals surface area contributed by atoms with Gasteiger partial charge in [-0.1, -0.05) is 39.7 Å². The van der Waals surface area contributed by atoms with Crippen LogP contribution < -0.4 is 4.74 Å². The summed E-state index contributed by atoms with van der Waals surface area (Å²) in [4.78, 5) is 22.7. The largest absolute Gasteiger partial charge is 0.482 e. The number of imidazole rings is 1. The van der Waals surface area contributed by atoms with Crippen molar-refractivity contribution in [3.05, 3.63) is 57.3 Å². The van der Waals surface area contributed by atoms with Gasteiger partial charge < -0.3 is 14.6 Å². The lowest BCUT2D eigenvalue weighted by molar-refractivity contribution is -0.134. The van der Waals surface area contributed by atoms with Crippen molar-refractivity contribution in [3.63, 3.8) is 0 Å². The lowest BCUT2D eigenvalue weighted by Gasteiger charge is -2.23. The highest BCUT2D eigenvalue weighted by molar-refractivity contribution is 9.10. The van der Waals surface area contributed by atoms with Gasteiger partial charge in [0.25, 0.3) is 5.91 Å². The number of hydrogen-bond acceptors (Lipinski definition) is 3. The van der Waals surface area contributed by atoms with E-state index in [1.54, 1.807) is 6.07 Å². The van der Waals surface area contributed by atoms with Crippen molar-refractivity contribution in [2.24, 2.45) is 0 Å². The van der Waals surface area contributed by atoms with E-state index in [9.17, 15) is 4.79 Å². The van der Waals surface area contributed by atoms with E-state index in [1.807, 2.05) is 42.2 Å². The molecule has 1 amide bonds. The standard InChI is InChI=1S/C20H19BrClN3O2/c1-12-9-13(21)10-14(22)19(12)27-11-18(26)25-8-4-7-17(25)20-23-15-5-2-3-6-16(15)24-20/h2-3,5-6,9-10,17H,4,7-8,11H2,1H3,(H,23,24). The Hall–Kier alpha value is -2.05. The number of benzene rings is 2. The number of aromatic amines is 1. The molecule has 2 heterocycles. The molecule has 0 aliphatic carbocycles. The van der Waals surface area contributed by atoms with Crippen LogP contribution in [0.1, 0.15) is 30.3 Å². The number of likely N-dealkylation sites (tertiary alicyclic amines) is 1. The van der Waals surface area contributed by atoms with Crippen LogP contribution in [0.3, 0.4) is 0 Å². The molecule has 140 valence electrons. The third-order valence-corrected chi connectivity index (χ3v) is 5.57. The second-order valence-corrected chi connectivity index (χ2v) is 8.03. The van der Waals surface area contributed by atoms with Gasteiger partial charge in [0.2, 0.25) is 0 Å². The number of halogens is 2. The Morgan fingerprint density at radius 2 is 2.22 bits per heavy atom. The number of aromatic nitrogens is 2. The first-order valence-corrected chi connectivity index (χ1v) is 10.0. The van der Waals surface area contributed by atoms with Crippen LogP contribution in [0.15, 0.2) is 40.9 Å². The average Bonchev–Trinajstić information content (AvgIpc) is 3.27. The molecule has 1 unspecified atom stereocenters. The van der Waals surface area contributed by atoms with Crippen molar-refractivity contribution in [3.8, 4) is 5.75 Å². The Morgan fingerprint density at radius 3 is 3.00 bits per heavy atom. The number of aryl methyl sites for hydroxylation is 1. The third-order valence-electron chi connectivity index (χ3n) is 4.83. The number of para-hydroxylation sites is 2. The fourth-order valence-electron chi connectivity index (χ4n) is 3.57. The molecule has 1 saturated heterocycles. The SMILES string of the molecule is Cc1cc(Br)cc(Cl)c1OCC(=O)N1CCCC1c1nc2ccccc2[nH]1. The quantitative estimate of drug-likeness (QED) is 0.609. The molecule has 2 aromatic carbocycles. The first kappa shape index (κ1) is 18.3. The number of carbonyl (C=O) groups excluding carboxylic acids is 1. The van der Waals surface area contributed by atoms with Crippen LogP contribution in [0.2, 0.25) is 5.02 Å². The van der Waals surface area contributed by atoms with E-state index in [0.717, 1.165) is 39.7 Å². The second kappa shape index (κ2) is 7.52. The minimum atomic E-state index is -0.0589. The zero-order valence-electron chi connectivity index (χ0n) is 14.8. The van der Waals surface area contributed by atoms with Crippen LogP contribution in [0.5, 0.6) is 5.75 Å². The van der Waals surface area contributed by atoms with Crippen LogP contribution in [0.25, 0.3) is 11.0 Å². The van der Waals surface area contributed by atoms with Crippen molar-refractivity contribution < 1.29 is 9.53 Å². The number of carbonyl (C=O) groups is 1. The summed E-state index contributed by atoms with van der Waals surface area (Å²) in [6.07, 6.45) is 1.84. The van der Waals surface area contributed by atoms with E-state index in [2.05, 4.69) is 25.9 Å². The zero-order chi connectivity index (χ0) is 19.0. The van der Waals surface area contributed by atoms with Gasteiger partial charge in [-0.05, 0) is 49.6 Å². The minimum Gasteiger partial charge on any atom is -0.482 e. The molecule has 1 aromatic heterocycles. The maximum Gasteiger partial charge on any atom is 0.261 e. The number of H-pyrrole nitrogens is 1. The second-order valence-electron chi connectivity index (χ2n) is 6.71. The van der Waals surface area contributed by atoms with Crippen LogP contribution in [0.4, 0.5) is 0 Å². The molecule has 1 atom stereocenters. The maximum absolute atomic E-state index is 12.8. The van der Waals surface area contributed by atoms with Crippen molar-refractivity contribution in [2.45, 2.75) is 25.8 Å². The van der Waals surface area contributed by atoms with Gasteiger partial charge in [0, 0.05) is 11.0 Å². The van der Waals surface area contributed by atoms with E-state index in [4.69, 9.17) is 16.3 Å². The highest BCUT2D eigenvalue weighted by atomic mass is 79.9. The Bertz CT molecular complexity index is 948. The molecule has 1 N–H and O–H groups in total. The maximum atomic E-state index is 12.8. The number of ether oxygens (including phenoxy) is 1. The Labute approximate surface area is 170 Å².